The molecule has 0 unspecified atom stereocenters. The van der Waals surface area contributed by atoms with Crippen LogP contribution in [-0.2, 0) is 15.3 Å². The van der Waals surface area contributed by atoms with Gasteiger partial charge in [-0.15, -0.1) is 0 Å². The van der Waals surface area contributed by atoms with Gasteiger partial charge in [0.25, 0.3) is 0 Å². The highest BCUT2D eigenvalue weighted by Gasteiger charge is 2.37. The Balaban J connectivity index is 2.71. The van der Waals surface area contributed by atoms with Gasteiger partial charge in [0, 0.05) is 30.1 Å². The molecule has 3 nitrogen and oxygen atoms in total. The summed E-state index contributed by atoms with van der Waals surface area (Å²) in [5, 5.41) is 0. The fourth-order valence-corrected chi connectivity index (χ4v) is 2.91. The van der Waals surface area contributed by atoms with E-state index in [1.54, 1.807) is 12.1 Å². The molecular formula is C13H17NO2S. The van der Waals surface area contributed by atoms with Crippen LogP contribution >= 0.6 is 0 Å². The number of hydrogen-bond donors (Lipinski definition) is 0. The third-order valence-electron chi connectivity index (χ3n) is 3.56. The number of allylic oxidation sites excluding steroid dienone is 1. The number of hydrogen-bond acceptors (Lipinski definition) is 3. The first-order chi connectivity index (χ1) is 7.65. The molecule has 2 rings (SSSR count). The molecule has 1 aliphatic rings. The van der Waals surface area contributed by atoms with Gasteiger partial charge in [0.2, 0.25) is 0 Å². The predicted octanol–water partition coefficient (Wildman–Crippen LogP) is 2.33. The Morgan fingerprint density at radius 3 is 2.41 bits per heavy atom. The zero-order chi connectivity index (χ0) is 13.0. The van der Waals surface area contributed by atoms with Crippen molar-refractivity contribution in [2.24, 2.45) is 0 Å². The molecule has 17 heavy (non-hydrogen) atoms. The van der Waals surface area contributed by atoms with Gasteiger partial charge in [-0.2, -0.15) is 0 Å². The zero-order valence-corrected chi connectivity index (χ0v) is 11.4. The summed E-state index contributed by atoms with van der Waals surface area (Å²) in [5.41, 5.74) is 2.82. The molecule has 0 N–H and O–H groups in total. The molecule has 1 aromatic carbocycles. The number of rotatable bonds is 1. The van der Waals surface area contributed by atoms with Crippen LogP contribution in [0.3, 0.4) is 0 Å². The average molecular weight is 251 g/mol. The van der Waals surface area contributed by atoms with Gasteiger partial charge in [-0.3, -0.25) is 0 Å². The van der Waals surface area contributed by atoms with Crippen LogP contribution in [0.2, 0.25) is 0 Å². The Bertz CT molecular complexity index is 600. The first-order valence-corrected chi connectivity index (χ1v) is 7.32. The minimum atomic E-state index is -3.16. The molecule has 0 fully saturated rings. The van der Waals surface area contributed by atoms with Crippen molar-refractivity contribution in [1.82, 2.24) is 0 Å². The van der Waals surface area contributed by atoms with E-state index >= 15 is 0 Å². The highest BCUT2D eigenvalue weighted by Crippen LogP contribution is 2.46. The molecule has 0 bridgehead atoms. The highest BCUT2D eigenvalue weighted by molar-refractivity contribution is 7.90. The van der Waals surface area contributed by atoms with Crippen molar-refractivity contribution >= 4 is 15.5 Å². The molecule has 0 atom stereocenters. The van der Waals surface area contributed by atoms with Crippen LogP contribution in [0.4, 0.5) is 5.69 Å². The van der Waals surface area contributed by atoms with Crippen LogP contribution in [-0.4, -0.2) is 21.7 Å². The molecule has 0 aliphatic carbocycles. The number of fused-ring (bicyclic) bond motifs is 1. The van der Waals surface area contributed by atoms with Gasteiger partial charge < -0.3 is 4.90 Å². The van der Waals surface area contributed by atoms with Crippen molar-refractivity contribution in [3.05, 3.63) is 36.0 Å². The van der Waals surface area contributed by atoms with Crippen molar-refractivity contribution in [2.75, 3.05) is 18.2 Å². The van der Waals surface area contributed by atoms with Gasteiger partial charge in [-0.25, -0.2) is 8.42 Å². The quantitative estimate of drug-likeness (QED) is 0.768. The fourth-order valence-electron chi connectivity index (χ4n) is 2.26. The molecule has 0 spiro atoms. The Labute approximate surface area is 103 Å². The molecule has 0 aromatic heterocycles. The van der Waals surface area contributed by atoms with Gasteiger partial charge in [-0.1, -0.05) is 20.4 Å². The Kier molecular flexibility index (Phi) is 2.40. The minimum absolute atomic E-state index is 0.217. The van der Waals surface area contributed by atoms with Crippen LogP contribution in [0.5, 0.6) is 0 Å². The van der Waals surface area contributed by atoms with Gasteiger partial charge in [0.05, 0.1) is 4.90 Å². The largest absolute Gasteiger partial charge is 0.348 e. The maximum Gasteiger partial charge on any atom is 0.175 e. The molecule has 0 radical (unpaired) electrons. The SMILES string of the molecule is C=C1N(C)c2ccc(S(C)(=O)=O)cc2C1(C)C. The van der Waals surface area contributed by atoms with Crippen molar-refractivity contribution in [2.45, 2.75) is 24.2 Å². The predicted molar refractivity (Wildman–Crippen MR) is 70.1 cm³/mol. The second kappa shape index (κ2) is 3.35. The number of anilines is 1. The second-order valence-electron chi connectivity index (χ2n) is 5.08. The summed E-state index contributed by atoms with van der Waals surface area (Å²) in [5.74, 6) is 0. The summed E-state index contributed by atoms with van der Waals surface area (Å²) in [6.45, 7) is 8.19. The molecular weight excluding hydrogens is 234 g/mol. The third-order valence-corrected chi connectivity index (χ3v) is 4.67. The van der Waals surface area contributed by atoms with E-state index in [2.05, 4.69) is 20.4 Å². The minimum Gasteiger partial charge on any atom is -0.348 e. The van der Waals surface area contributed by atoms with E-state index in [4.69, 9.17) is 0 Å². The summed E-state index contributed by atoms with van der Waals surface area (Å²) in [4.78, 5) is 2.38. The standard InChI is InChI=1S/C13H17NO2S/c1-9-13(2,3)11-8-10(17(5,15)16)6-7-12(11)14(9)4/h6-8H,1H2,2-5H3. The smallest absolute Gasteiger partial charge is 0.175 e. The zero-order valence-electron chi connectivity index (χ0n) is 10.6. The number of nitrogens with zero attached hydrogens (tertiary/aromatic N) is 1. The maximum atomic E-state index is 11.6. The topological polar surface area (TPSA) is 37.4 Å². The van der Waals surface area contributed by atoms with E-state index in [0.29, 0.717) is 4.90 Å². The average Bonchev–Trinajstić information content (AvgIpc) is 2.39. The van der Waals surface area contributed by atoms with E-state index in [0.717, 1.165) is 16.9 Å². The normalized spacial score (nSPS) is 18.4. The van der Waals surface area contributed by atoms with Crippen LogP contribution in [0.1, 0.15) is 19.4 Å². The summed E-state index contributed by atoms with van der Waals surface area (Å²) in [6, 6.07) is 5.27. The summed E-state index contributed by atoms with van der Waals surface area (Å²) < 4.78 is 23.1. The Morgan fingerprint density at radius 1 is 1.29 bits per heavy atom. The second-order valence-corrected chi connectivity index (χ2v) is 7.10. The Hall–Kier alpha value is -1.29. The third kappa shape index (κ3) is 1.67. The van der Waals surface area contributed by atoms with Gasteiger partial charge in [0.1, 0.15) is 0 Å². The highest BCUT2D eigenvalue weighted by atomic mass is 32.2. The molecule has 1 heterocycles. The molecule has 92 valence electrons. The first-order valence-electron chi connectivity index (χ1n) is 5.43. The van der Waals surface area contributed by atoms with E-state index in [1.165, 1.54) is 6.26 Å². The number of sulfone groups is 1. The Morgan fingerprint density at radius 2 is 1.88 bits per heavy atom. The fraction of sp³-hybridized carbons (Fsp3) is 0.385. The van der Waals surface area contributed by atoms with Gasteiger partial charge >= 0.3 is 0 Å². The lowest BCUT2D eigenvalue weighted by molar-refractivity contribution is 0.601. The monoisotopic (exact) mass is 251 g/mol. The molecule has 0 saturated heterocycles. The van der Waals surface area contributed by atoms with Gasteiger partial charge in [0.15, 0.2) is 9.84 Å². The van der Waals surface area contributed by atoms with Crippen LogP contribution < -0.4 is 4.90 Å². The lowest BCUT2D eigenvalue weighted by atomic mass is 9.84. The summed E-state index contributed by atoms with van der Waals surface area (Å²) in [7, 11) is -1.20. The van der Waals surface area contributed by atoms with E-state index in [-0.39, 0.29) is 5.41 Å². The number of benzene rings is 1. The van der Waals surface area contributed by atoms with E-state index in [1.807, 2.05) is 18.0 Å². The first kappa shape index (κ1) is 12.2. The van der Waals surface area contributed by atoms with Crippen LogP contribution in [0.25, 0.3) is 0 Å². The van der Waals surface area contributed by atoms with Gasteiger partial charge in [-0.05, 0) is 23.8 Å². The van der Waals surface area contributed by atoms with E-state index in [9.17, 15) is 8.42 Å². The van der Waals surface area contributed by atoms with E-state index < -0.39 is 9.84 Å². The van der Waals surface area contributed by atoms with Crippen LogP contribution in [0.15, 0.2) is 35.4 Å². The molecule has 0 amide bonds. The summed E-state index contributed by atoms with van der Waals surface area (Å²) in [6.07, 6.45) is 1.23. The molecule has 4 heteroatoms. The summed E-state index contributed by atoms with van der Waals surface area (Å²) >= 11 is 0. The molecule has 1 aromatic rings. The maximum absolute atomic E-state index is 11.6. The van der Waals surface area contributed by atoms with Crippen molar-refractivity contribution in [3.8, 4) is 0 Å². The van der Waals surface area contributed by atoms with Crippen molar-refractivity contribution in [3.63, 3.8) is 0 Å². The van der Waals surface area contributed by atoms with Crippen molar-refractivity contribution < 1.29 is 8.42 Å². The number of likely N-dealkylation sites (N-methyl/N-ethyl adjacent to an activating group) is 1. The molecule has 1 aliphatic heterocycles. The lowest BCUT2D eigenvalue weighted by Crippen LogP contribution is -2.21. The van der Waals surface area contributed by atoms with Crippen molar-refractivity contribution in [1.29, 1.82) is 0 Å². The molecule has 0 saturated carbocycles. The van der Waals surface area contributed by atoms with Crippen LogP contribution in [0, 0.1) is 0 Å². The lowest BCUT2D eigenvalue weighted by Gasteiger charge is -2.22.